The van der Waals surface area contributed by atoms with Crippen LogP contribution in [-0.2, 0) is 10.0 Å². The number of fused-ring (bicyclic) bond motifs is 1. The highest BCUT2D eigenvalue weighted by molar-refractivity contribution is 9.10. The molecule has 1 atom stereocenters. The van der Waals surface area contributed by atoms with Gasteiger partial charge in [-0.3, -0.25) is 0 Å². The topological polar surface area (TPSA) is 67.6 Å². The Morgan fingerprint density at radius 1 is 1.15 bits per heavy atom. The first kappa shape index (κ1) is 18.7. The highest BCUT2D eigenvalue weighted by Crippen LogP contribution is 2.41. The second kappa shape index (κ2) is 7.09. The van der Waals surface area contributed by atoms with Crippen molar-refractivity contribution in [3.8, 4) is 0 Å². The molecule has 0 saturated carbocycles. The van der Waals surface area contributed by atoms with Gasteiger partial charge in [-0.25, -0.2) is 13.2 Å². The van der Waals surface area contributed by atoms with Crippen molar-refractivity contribution in [2.45, 2.75) is 17.2 Å². The van der Waals surface area contributed by atoms with Crippen LogP contribution in [0, 0.1) is 6.92 Å². The second-order valence-electron chi connectivity index (χ2n) is 6.33. The lowest BCUT2D eigenvalue weighted by Gasteiger charge is -2.23. The van der Waals surface area contributed by atoms with Crippen molar-refractivity contribution in [2.75, 3.05) is 12.3 Å². The molecular weight excluding hydrogens is 450 g/mol. The van der Waals surface area contributed by atoms with E-state index in [-0.39, 0.29) is 10.3 Å². The molecule has 0 amide bonds. The van der Waals surface area contributed by atoms with Gasteiger partial charge in [-0.2, -0.15) is 4.31 Å². The lowest BCUT2D eigenvalue weighted by atomic mass is 10.1. The Bertz CT molecular complexity index is 1170. The van der Waals surface area contributed by atoms with Crippen molar-refractivity contribution in [3.05, 3.63) is 74.6 Å². The maximum Gasteiger partial charge on any atom is 0.356 e. The molecule has 0 radical (unpaired) electrons. The second-order valence-corrected chi connectivity index (χ2v) is 10.3. The Morgan fingerprint density at radius 3 is 2.63 bits per heavy atom. The zero-order valence-corrected chi connectivity index (χ0v) is 17.6. The van der Waals surface area contributed by atoms with Crippen LogP contribution in [0.5, 0.6) is 0 Å². The zero-order chi connectivity index (χ0) is 19.2. The summed E-state index contributed by atoms with van der Waals surface area (Å²) in [6.45, 7) is 2.33. The quantitative estimate of drug-likeness (QED) is 0.539. The Hall–Kier alpha value is -1.61. The average Bonchev–Trinajstić information content (AvgIpc) is 3.12. The van der Waals surface area contributed by atoms with Crippen molar-refractivity contribution in [1.29, 1.82) is 0 Å². The highest BCUT2D eigenvalue weighted by Gasteiger charge is 2.38. The van der Waals surface area contributed by atoms with Gasteiger partial charge >= 0.3 is 5.63 Å². The fourth-order valence-electron chi connectivity index (χ4n) is 3.08. The summed E-state index contributed by atoms with van der Waals surface area (Å²) in [6.07, 6.45) is 0. The molecule has 1 aliphatic heterocycles. The fraction of sp³-hybridized carbons (Fsp3) is 0.211. The van der Waals surface area contributed by atoms with Gasteiger partial charge in [-0.1, -0.05) is 45.8 Å². The number of hydrogen-bond acceptors (Lipinski definition) is 5. The van der Waals surface area contributed by atoms with Crippen LogP contribution in [0.15, 0.2) is 67.1 Å². The van der Waals surface area contributed by atoms with Crippen LogP contribution in [0.4, 0.5) is 0 Å². The van der Waals surface area contributed by atoms with Crippen LogP contribution in [0.1, 0.15) is 16.5 Å². The molecule has 0 N–H and O–H groups in total. The van der Waals surface area contributed by atoms with E-state index in [1.54, 1.807) is 30.0 Å². The van der Waals surface area contributed by atoms with Gasteiger partial charge < -0.3 is 4.42 Å². The van der Waals surface area contributed by atoms with Gasteiger partial charge in [0, 0.05) is 22.2 Å². The van der Waals surface area contributed by atoms with Gasteiger partial charge in [0.15, 0.2) is 4.90 Å². The predicted octanol–water partition coefficient (Wildman–Crippen LogP) is 4.30. The van der Waals surface area contributed by atoms with E-state index in [4.69, 9.17) is 4.42 Å². The van der Waals surface area contributed by atoms with Crippen LogP contribution in [0.25, 0.3) is 11.0 Å². The Morgan fingerprint density at radius 2 is 1.89 bits per heavy atom. The van der Waals surface area contributed by atoms with Gasteiger partial charge in [0.2, 0.25) is 0 Å². The van der Waals surface area contributed by atoms with Crippen molar-refractivity contribution in [2.24, 2.45) is 0 Å². The summed E-state index contributed by atoms with van der Waals surface area (Å²) in [5.41, 5.74) is 1.52. The molecule has 0 bridgehead atoms. The normalized spacial score (nSPS) is 18.2. The first-order valence-corrected chi connectivity index (χ1v) is 11.6. The standard InChI is InChI=1S/C19H16BrNO4S2/c1-12-2-4-13(5-3-12)18-21(8-9-26-18)27(23,24)17-11-14-10-15(20)6-7-16(14)25-19(17)22/h2-7,10-11,18H,8-9H2,1H3/t18-/m0/s1. The van der Waals surface area contributed by atoms with E-state index < -0.39 is 15.6 Å². The minimum atomic E-state index is -3.99. The largest absolute Gasteiger partial charge is 0.422 e. The molecule has 27 heavy (non-hydrogen) atoms. The lowest BCUT2D eigenvalue weighted by Crippen LogP contribution is -2.33. The third kappa shape index (κ3) is 3.47. The van der Waals surface area contributed by atoms with E-state index in [9.17, 15) is 13.2 Å². The molecule has 3 aromatic rings. The number of rotatable bonds is 3. The van der Waals surface area contributed by atoms with Gasteiger partial charge in [0.25, 0.3) is 10.0 Å². The number of aryl methyl sites for hydroxylation is 1. The first-order valence-electron chi connectivity index (χ1n) is 8.30. The fourth-order valence-corrected chi connectivity index (χ4v) is 6.73. The monoisotopic (exact) mass is 465 g/mol. The number of benzene rings is 2. The predicted molar refractivity (Wildman–Crippen MR) is 110 cm³/mol. The lowest BCUT2D eigenvalue weighted by molar-refractivity contribution is 0.429. The Balaban J connectivity index is 1.80. The minimum Gasteiger partial charge on any atom is -0.422 e. The molecule has 140 valence electrons. The summed E-state index contributed by atoms with van der Waals surface area (Å²) in [6, 6.07) is 14.3. The molecule has 8 heteroatoms. The molecule has 5 nitrogen and oxygen atoms in total. The number of thioether (sulfide) groups is 1. The molecule has 2 aromatic carbocycles. The summed E-state index contributed by atoms with van der Waals surface area (Å²) in [7, 11) is -3.99. The molecule has 1 aliphatic rings. The minimum absolute atomic E-state index is 0.326. The van der Waals surface area contributed by atoms with Gasteiger partial charge in [0.05, 0.1) is 5.37 Å². The molecule has 4 rings (SSSR count). The van der Waals surface area contributed by atoms with Crippen LogP contribution < -0.4 is 5.63 Å². The van der Waals surface area contributed by atoms with E-state index in [2.05, 4.69) is 15.9 Å². The molecule has 0 spiro atoms. The highest BCUT2D eigenvalue weighted by atomic mass is 79.9. The SMILES string of the molecule is Cc1ccc([C@@H]2SCCN2S(=O)(=O)c2cc3cc(Br)ccc3oc2=O)cc1. The Labute approximate surface area is 169 Å². The maximum atomic E-state index is 13.3. The van der Waals surface area contributed by atoms with Crippen LogP contribution in [0.3, 0.4) is 0 Å². The van der Waals surface area contributed by atoms with Crippen molar-refractivity contribution < 1.29 is 12.8 Å². The molecule has 1 aromatic heterocycles. The molecule has 1 fully saturated rings. The van der Waals surface area contributed by atoms with E-state index in [0.29, 0.717) is 23.3 Å². The summed E-state index contributed by atoms with van der Waals surface area (Å²) < 4.78 is 34.0. The molecule has 0 aliphatic carbocycles. The van der Waals surface area contributed by atoms with Crippen molar-refractivity contribution >= 4 is 48.7 Å². The van der Waals surface area contributed by atoms with Crippen molar-refractivity contribution in [3.63, 3.8) is 0 Å². The number of hydrogen-bond donors (Lipinski definition) is 0. The van der Waals surface area contributed by atoms with Crippen molar-refractivity contribution in [1.82, 2.24) is 4.31 Å². The average molecular weight is 466 g/mol. The maximum absolute atomic E-state index is 13.3. The molecule has 1 saturated heterocycles. The molecular formula is C19H16BrNO4S2. The van der Waals surface area contributed by atoms with E-state index >= 15 is 0 Å². The van der Waals surface area contributed by atoms with E-state index in [1.807, 2.05) is 31.2 Å². The van der Waals surface area contributed by atoms with Crippen LogP contribution >= 0.6 is 27.7 Å². The third-order valence-corrected chi connectivity index (χ3v) is 8.20. The smallest absolute Gasteiger partial charge is 0.356 e. The summed E-state index contributed by atoms with van der Waals surface area (Å²) in [5, 5.41) is 0.203. The first-order chi connectivity index (χ1) is 12.9. The van der Waals surface area contributed by atoms with Crippen LogP contribution in [0.2, 0.25) is 0 Å². The molecule has 0 unspecified atom stereocenters. The van der Waals surface area contributed by atoms with E-state index in [0.717, 1.165) is 15.6 Å². The van der Waals surface area contributed by atoms with Gasteiger partial charge in [-0.05, 0) is 36.8 Å². The zero-order valence-electron chi connectivity index (χ0n) is 14.4. The Kier molecular flexibility index (Phi) is 4.92. The van der Waals surface area contributed by atoms with Gasteiger partial charge in [-0.15, -0.1) is 11.8 Å². The number of halogens is 1. The van der Waals surface area contributed by atoms with Crippen LogP contribution in [-0.4, -0.2) is 25.0 Å². The van der Waals surface area contributed by atoms with Gasteiger partial charge in [0.1, 0.15) is 5.58 Å². The molecule has 2 heterocycles. The third-order valence-electron chi connectivity index (χ3n) is 4.46. The number of nitrogens with zero attached hydrogens (tertiary/aromatic N) is 1. The van der Waals surface area contributed by atoms with E-state index in [1.165, 1.54) is 10.4 Å². The summed E-state index contributed by atoms with van der Waals surface area (Å²) >= 11 is 4.90. The summed E-state index contributed by atoms with van der Waals surface area (Å²) in [5.74, 6) is 0.669. The number of sulfonamides is 1. The summed E-state index contributed by atoms with van der Waals surface area (Å²) in [4.78, 5) is 12.1.